The lowest BCUT2D eigenvalue weighted by Gasteiger charge is -2.19. The van der Waals surface area contributed by atoms with Crippen LogP contribution in [0.4, 0.5) is 11.4 Å². The van der Waals surface area contributed by atoms with Crippen molar-refractivity contribution in [1.82, 2.24) is 0 Å². The first-order valence-electron chi connectivity index (χ1n) is 4.09. The topological polar surface area (TPSA) is 38.0 Å². The summed E-state index contributed by atoms with van der Waals surface area (Å²) >= 11 is 5.87. The average molecular weight is 183 g/mol. The summed E-state index contributed by atoms with van der Waals surface area (Å²) in [5.74, 6) is 0. The van der Waals surface area contributed by atoms with Crippen molar-refractivity contribution in [1.29, 1.82) is 0 Å². The fourth-order valence-electron chi connectivity index (χ4n) is 1.59. The number of anilines is 2. The zero-order chi connectivity index (χ0) is 8.55. The molecule has 0 unspecified atom stereocenters. The van der Waals surface area contributed by atoms with Crippen LogP contribution in [-0.2, 0) is 6.42 Å². The average Bonchev–Trinajstić information content (AvgIpc) is 2.04. The first-order chi connectivity index (χ1) is 5.77. The van der Waals surface area contributed by atoms with E-state index in [-0.39, 0.29) is 0 Å². The van der Waals surface area contributed by atoms with E-state index in [1.807, 2.05) is 6.07 Å². The first-order valence-corrected chi connectivity index (χ1v) is 4.47. The van der Waals surface area contributed by atoms with Crippen LogP contribution in [0.15, 0.2) is 12.1 Å². The molecule has 0 saturated carbocycles. The summed E-state index contributed by atoms with van der Waals surface area (Å²) in [4.78, 5) is 0. The molecule has 0 atom stereocenters. The van der Waals surface area contributed by atoms with Crippen molar-refractivity contribution >= 4 is 23.0 Å². The summed E-state index contributed by atoms with van der Waals surface area (Å²) in [5, 5.41) is 4.01. The second-order valence-electron chi connectivity index (χ2n) is 3.06. The Bertz CT molecular complexity index is 310. The molecule has 0 fully saturated rings. The van der Waals surface area contributed by atoms with Gasteiger partial charge in [-0.3, -0.25) is 0 Å². The van der Waals surface area contributed by atoms with Crippen LogP contribution in [0.1, 0.15) is 12.0 Å². The maximum absolute atomic E-state index is 5.87. The van der Waals surface area contributed by atoms with Crippen molar-refractivity contribution in [3.63, 3.8) is 0 Å². The van der Waals surface area contributed by atoms with Gasteiger partial charge >= 0.3 is 0 Å². The monoisotopic (exact) mass is 182 g/mol. The molecule has 0 amide bonds. The van der Waals surface area contributed by atoms with Crippen molar-refractivity contribution < 1.29 is 0 Å². The van der Waals surface area contributed by atoms with Crippen molar-refractivity contribution in [2.75, 3.05) is 17.6 Å². The van der Waals surface area contributed by atoms with E-state index in [4.69, 9.17) is 17.3 Å². The molecule has 0 bridgehead atoms. The Balaban J connectivity index is 2.53. The Morgan fingerprint density at radius 2 is 2.25 bits per heavy atom. The lowest BCUT2D eigenvalue weighted by molar-refractivity contribution is 0.831. The molecule has 0 radical (unpaired) electrons. The molecule has 1 aromatic rings. The van der Waals surface area contributed by atoms with Crippen molar-refractivity contribution in [3.8, 4) is 0 Å². The van der Waals surface area contributed by atoms with Crippen molar-refractivity contribution in [2.24, 2.45) is 0 Å². The Morgan fingerprint density at radius 3 is 3.08 bits per heavy atom. The smallest absolute Gasteiger partial charge is 0.0607 e. The zero-order valence-electron chi connectivity index (χ0n) is 6.73. The standard InChI is InChI=1S/C9H11ClN2/c10-7-4-6-2-1-3-12-9(6)8(11)5-7/h4-5,12H,1-3,11H2. The van der Waals surface area contributed by atoms with Crippen LogP contribution in [0.3, 0.4) is 0 Å². The Hall–Kier alpha value is -0.890. The predicted molar refractivity (Wildman–Crippen MR) is 52.7 cm³/mol. The van der Waals surface area contributed by atoms with Gasteiger partial charge < -0.3 is 11.1 Å². The number of halogens is 1. The largest absolute Gasteiger partial charge is 0.397 e. The molecule has 1 heterocycles. The van der Waals surface area contributed by atoms with Gasteiger partial charge in [0.1, 0.15) is 0 Å². The van der Waals surface area contributed by atoms with Crippen LogP contribution in [0.25, 0.3) is 0 Å². The summed E-state index contributed by atoms with van der Waals surface area (Å²) in [5.41, 5.74) is 8.87. The third-order valence-corrected chi connectivity index (χ3v) is 2.36. The lowest BCUT2D eigenvalue weighted by atomic mass is 10.0. The number of nitrogens with two attached hydrogens (primary N) is 1. The number of aryl methyl sites for hydroxylation is 1. The number of rotatable bonds is 0. The van der Waals surface area contributed by atoms with Gasteiger partial charge in [-0.2, -0.15) is 0 Å². The highest BCUT2D eigenvalue weighted by Crippen LogP contribution is 2.31. The maximum atomic E-state index is 5.87. The molecule has 1 aliphatic rings. The van der Waals surface area contributed by atoms with Crippen molar-refractivity contribution in [3.05, 3.63) is 22.7 Å². The van der Waals surface area contributed by atoms with E-state index in [2.05, 4.69) is 5.32 Å². The molecule has 0 aliphatic carbocycles. The Morgan fingerprint density at radius 1 is 1.42 bits per heavy atom. The Kier molecular flexibility index (Phi) is 1.85. The van der Waals surface area contributed by atoms with Gasteiger partial charge in [0.15, 0.2) is 0 Å². The number of benzene rings is 1. The third kappa shape index (κ3) is 1.23. The Labute approximate surface area is 76.7 Å². The SMILES string of the molecule is Nc1cc(Cl)cc2c1NCCC2. The van der Waals surface area contributed by atoms with Gasteiger partial charge in [0.2, 0.25) is 0 Å². The zero-order valence-corrected chi connectivity index (χ0v) is 7.49. The molecule has 0 spiro atoms. The van der Waals surface area contributed by atoms with E-state index in [1.165, 1.54) is 5.56 Å². The summed E-state index contributed by atoms with van der Waals surface area (Å²) in [7, 11) is 0. The third-order valence-electron chi connectivity index (χ3n) is 2.14. The molecule has 1 aromatic carbocycles. The van der Waals surface area contributed by atoms with E-state index in [0.717, 1.165) is 35.8 Å². The number of nitrogens with one attached hydrogen (secondary N) is 1. The van der Waals surface area contributed by atoms with Gasteiger partial charge in [0.25, 0.3) is 0 Å². The fourth-order valence-corrected chi connectivity index (χ4v) is 1.84. The summed E-state index contributed by atoms with van der Waals surface area (Å²) in [6.07, 6.45) is 2.24. The van der Waals surface area contributed by atoms with Crippen LogP contribution in [0.2, 0.25) is 5.02 Å². The lowest BCUT2D eigenvalue weighted by Crippen LogP contribution is -2.13. The molecule has 2 nitrogen and oxygen atoms in total. The van der Waals surface area contributed by atoms with Crippen LogP contribution < -0.4 is 11.1 Å². The first kappa shape index (κ1) is 7.74. The molecule has 3 heteroatoms. The minimum atomic E-state index is 0.731. The maximum Gasteiger partial charge on any atom is 0.0607 e. The molecular formula is C9H11ClN2. The van der Waals surface area contributed by atoms with E-state index >= 15 is 0 Å². The van der Waals surface area contributed by atoms with Crippen LogP contribution in [-0.4, -0.2) is 6.54 Å². The highest BCUT2D eigenvalue weighted by atomic mass is 35.5. The molecule has 64 valence electrons. The number of fused-ring (bicyclic) bond motifs is 1. The number of hydrogen-bond acceptors (Lipinski definition) is 2. The number of hydrogen-bond donors (Lipinski definition) is 2. The summed E-state index contributed by atoms with van der Waals surface area (Å²) < 4.78 is 0. The van der Waals surface area contributed by atoms with Gasteiger partial charge in [-0.25, -0.2) is 0 Å². The summed E-state index contributed by atoms with van der Waals surface area (Å²) in [6.45, 7) is 1.01. The molecule has 2 rings (SSSR count). The van der Waals surface area contributed by atoms with E-state index in [1.54, 1.807) is 6.07 Å². The molecule has 12 heavy (non-hydrogen) atoms. The number of nitrogen functional groups attached to an aromatic ring is 1. The van der Waals surface area contributed by atoms with E-state index < -0.39 is 0 Å². The summed E-state index contributed by atoms with van der Waals surface area (Å²) in [6, 6.07) is 3.78. The van der Waals surface area contributed by atoms with Crippen LogP contribution in [0.5, 0.6) is 0 Å². The van der Waals surface area contributed by atoms with Gasteiger partial charge in [-0.05, 0) is 30.5 Å². The molecule has 0 saturated heterocycles. The predicted octanol–water partition coefficient (Wildman–Crippen LogP) is 2.28. The van der Waals surface area contributed by atoms with Gasteiger partial charge in [0.05, 0.1) is 11.4 Å². The second-order valence-corrected chi connectivity index (χ2v) is 3.50. The minimum absolute atomic E-state index is 0.731. The van der Waals surface area contributed by atoms with Gasteiger partial charge in [0, 0.05) is 11.6 Å². The van der Waals surface area contributed by atoms with E-state index in [9.17, 15) is 0 Å². The quantitative estimate of drug-likeness (QED) is 0.605. The molecule has 1 aliphatic heterocycles. The van der Waals surface area contributed by atoms with Gasteiger partial charge in [-0.15, -0.1) is 0 Å². The normalized spacial score (nSPS) is 15.1. The van der Waals surface area contributed by atoms with Crippen LogP contribution in [0, 0.1) is 0 Å². The fraction of sp³-hybridized carbons (Fsp3) is 0.333. The highest BCUT2D eigenvalue weighted by Gasteiger charge is 2.11. The van der Waals surface area contributed by atoms with Gasteiger partial charge in [-0.1, -0.05) is 11.6 Å². The highest BCUT2D eigenvalue weighted by molar-refractivity contribution is 6.31. The molecule has 3 N–H and O–H groups in total. The van der Waals surface area contributed by atoms with E-state index in [0.29, 0.717) is 0 Å². The minimum Gasteiger partial charge on any atom is -0.397 e. The van der Waals surface area contributed by atoms with Crippen LogP contribution >= 0.6 is 11.6 Å². The molecule has 0 aromatic heterocycles. The van der Waals surface area contributed by atoms with Crippen molar-refractivity contribution in [2.45, 2.75) is 12.8 Å². The second kappa shape index (κ2) is 2.87. The molecular weight excluding hydrogens is 172 g/mol.